The number of rotatable bonds is 8. The van der Waals surface area contributed by atoms with Crippen LogP contribution in [0.5, 0.6) is 0 Å². The smallest absolute Gasteiger partial charge is 0.222 e. The first-order valence-electron chi connectivity index (χ1n) is 7.77. The zero-order valence-electron chi connectivity index (χ0n) is 13.8. The van der Waals surface area contributed by atoms with Crippen molar-refractivity contribution in [2.45, 2.75) is 73.3 Å². The molecule has 0 rings (SSSR count). The Morgan fingerprint density at radius 2 is 1.79 bits per heavy atom. The monoisotopic (exact) mass is 270 g/mol. The molecule has 2 atom stereocenters. The third kappa shape index (κ3) is 6.42. The van der Waals surface area contributed by atoms with Crippen molar-refractivity contribution in [1.82, 2.24) is 4.90 Å². The molecule has 0 bridgehead atoms. The molecule has 3 nitrogen and oxygen atoms in total. The third-order valence-electron chi connectivity index (χ3n) is 4.23. The molecule has 2 N–H and O–H groups in total. The number of carbonyl (C=O) groups excluding carboxylic acids is 1. The molecule has 0 aromatic carbocycles. The highest BCUT2D eigenvalue weighted by atomic mass is 16.2. The van der Waals surface area contributed by atoms with Crippen LogP contribution in [0.25, 0.3) is 0 Å². The Morgan fingerprint density at radius 3 is 2.16 bits per heavy atom. The normalized spacial score (nSPS) is 15.1. The first-order chi connectivity index (χ1) is 8.77. The van der Waals surface area contributed by atoms with Crippen molar-refractivity contribution < 1.29 is 4.79 Å². The summed E-state index contributed by atoms with van der Waals surface area (Å²) in [7, 11) is 0. The van der Waals surface area contributed by atoms with Gasteiger partial charge in [0.25, 0.3) is 0 Å². The molecule has 114 valence electrons. The van der Waals surface area contributed by atoms with Gasteiger partial charge in [0.05, 0.1) is 0 Å². The molecule has 1 amide bonds. The first kappa shape index (κ1) is 18.4. The van der Waals surface area contributed by atoms with Crippen molar-refractivity contribution in [3.8, 4) is 0 Å². The Morgan fingerprint density at radius 1 is 1.21 bits per heavy atom. The Balaban J connectivity index is 4.46. The van der Waals surface area contributed by atoms with E-state index in [9.17, 15) is 4.79 Å². The topological polar surface area (TPSA) is 46.3 Å². The zero-order valence-corrected chi connectivity index (χ0v) is 13.8. The summed E-state index contributed by atoms with van der Waals surface area (Å²) in [5, 5.41) is 0. The molecule has 0 saturated heterocycles. The largest absolute Gasteiger partial charge is 0.340 e. The van der Waals surface area contributed by atoms with E-state index in [1.807, 2.05) is 4.90 Å². The van der Waals surface area contributed by atoms with Crippen molar-refractivity contribution in [2.75, 3.05) is 13.1 Å². The van der Waals surface area contributed by atoms with Crippen molar-refractivity contribution in [2.24, 2.45) is 17.1 Å². The van der Waals surface area contributed by atoms with Gasteiger partial charge in [-0.2, -0.15) is 0 Å². The predicted molar refractivity (Wildman–Crippen MR) is 83.0 cm³/mol. The zero-order chi connectivity index (χ0) is 15.1. The summed E-state index contributed by atoms with van der Waals surface area (Å²) in [6.07, 6.45) is 3.63. The fraction of sp³-hybridized carbons (Fsp3) is 0.938. The van der Waals surface area contributed by atoms with Crippen LogP contribution in [0.1, 0.15) is 67.2 Å². The Hall–Kier alpha value is -0.570. The molecule has 0 saturated carbocycles. The maximum absolute atomic E-state index is 12.3. The van der Waals surface area contributed by atoms with Crippen LogP contribution in [0.3, 0.4) is 0 Å². The molecule has 3 heteroatoms. The fourth-order valence-electron chi connectivity index (χ4n) is 2.61. The summed E-state index contributed by atoms with van der Waals surface area (Å²) in [5.41, 5.74) is 5.92. The molecular formula is C16H34N2O. The molecule has 0 fully saturated rings. The van der Waals surface area contributed by atoms with E-state index < -0.39 is 0 Å². The first-order valence-corrected chi connectivity index (χ1v) is 7.77. The highest BCUT2D eigenvalue weighted by Crippen LogP contribution is 2.32. The van der Waals surface area contributed by atoms with Gasteiger partial charge in [0, 0.05) is 19.0 Å². The van der Waals surface area contributed by atoms with Crippen molar-refractivity contribution in [3.05, 3.63) is 0 Å². The van der Waals surface area contributed by atoms with Gasteiger partial charge in [-0.1, -0.05) is 27.7 Å². The molecule has 0 radical (unpaired) electrons. The summed E-state index contributed by atoms with van der Waals surface area (Å²) < 4.78 is 0. The van der Waals surface area contributed by atoms with Crippen LogP contribution in [0.4, 0.5) is 0 Å². The van der Waals surface area contributed by atoms with Crippen LogP contribution in [-0.2, 0) is 4.79 Å². The quantitative estimate of drug-likeness (QED) is 0.734. The van der Waals surface area contributed by atoms with Crippen LogP contribution in [0.15, 0.2) is 0 Å². The molecule has 0 spiro atoms. The highest BCUT2D eigenvalue weighted by molar-refractivity contribution is 5.76. The van der Waals surface area contributed by atoms with Crippen LogP contribution < -0.4 is 5.73 Å². The Labute approximate surface area is 119 Å². The van der Waals surface area contributed by atoms with Crippen molar-refractivity contribution in [3.63, 3.8) is 0 Å². The van der Waals surface area contributed by atoms with E-state index in [0.29, 0.717) is 30.8 Å². The van der Waals surface area contributed by atoms with Crippen molar-refractivity contribution >= 4 is 5.91 Å². The molecule has 19 heavy (non-hydrogen) atoms. The van der Waals surface area contributed by atoms with Gasteiger partial charge in [-0.15, -0.1) is 0 Å². The minimum Gasteiger partial charge on any atom is -0.340 e. The molecule has 0 aromatic rings. The molecular weight excluding hydrogens is 236 g/mol. The van der Waals surface area contributed by atoms with E-state index in [4.69, 9.17) is 5.73 Å². The number of hydrogen-bond donors (Lipinski definition) is 1. The standard InChI is InChI=1S/C16H34N2O/c1-7-13(3)18(8-2)15(19)10-9-14(11-12-17)16(4,5)6/h13-14H,7-12,17H2,1-6H3. The van der Waals surface area contributed by atoms with Gasteiger partial charge in [-0.3, -0.25) is 4.79 Å². The van der Waals surface area contributed by atoms with E-state index in [1.165, 1.54) is 0 Å². The maximum Gasteiger partial charge on any atom is 0.222 e. The lowest BCUT2D eigenvalue weighted by atomic mass is 9.76. The van der Waals surface area contributed by atoms with Gasteiger partial charge in [0.15, 0.2) is 0 Å². The van der Waals surface area contributed by atoms with Gasteiger partial charge >= 0.3 is 0 Å². The Bertz CT molecular complexity index is 258. The summed E-state index contributed by atoms with van der Waals surface area (Å²) in [5.74, 6) is 0.820. The van der Waals surface area contributed by atoms with E-state index in [1.54, 1.807) is 0 Å². The Kier molecular flexibility index (Phi) is 8.31. The van der Waals surface area contributed by atoms with Gasteiger partial charge in [-0.25, -0.2) is 0 Å². The van der Waals surface area contributed by atoms with E-state index in [0.717, 1.165) is 25.8 Å². The van der Waals surface area contributed by atoms with Gasteiger partial charge in [-0.05, 0) is 51.0 Å². The number of carbonyl (C=O) groups is 1. The van der Waals surface area contributed by atoms with Gasteiger partial charge < -0.3 is 10.6 Å². The minimum atomic E-state index is 0.229. The SMILES string of the molecule is CCC(C)N(CC)C(=O)CCC(CCN)C(C)(C)C. The lowest BCUT2D eigenvalue weighted by molar-refractivity contribution is -0.133. The lowest BCUT2D eigenvalue weighted by Crippen LogP contribution is -2.38. The van der Waals surface area contributed by atoms with Crippen molar-refractivity contribution in [1.29, 1.82) is 0 Å². The van der Waals surface area contributed by atoms with Crippen LogP contribution in [0.2, 0.25) is 0 Å². The summed E-state index contributed by atoms with van der Waals surface area (Å²) >= 11 is 0. The average Bonchev–Trinajstić information content (AvgIpc) is 2.33. The molecule has 0 aliphatic heterocycles. The second-order valence-corrected chi connectivity index (χ2v) is 6.62. The van der Waals surface area contributed by atoms with Crippen LogP contribution in [0, 0.1) is 11.3 Å². The number of nitrogens with zero attached hydrogens (tertiary/aromatic N) is 1. The maximum atomic E-state index is 12.3. The highest BCUT2D eigenvalue weighted by Gasteiger charge is 2.25. The average molecular weight is 270 g/mol. The lowest BCUT2D eigenvalue weighted by Gasteiger charge is -2.32. The van der Waals surface area contributed by atoms with Gasteiger partial charge in [0.2, 0.25) is 5.91 Å². The third-order valence-corrected chi connectivity index (χ3v) is 4.23. The number of amides is 1. The van der Waals surface area contributed by atoms with Crippen LogP contribution >= 0.6 is 0 Å². The molecule has 0 aliphatic rings. The minimum absolute atomic E-state index is 0.229. The second-order valence-electron chi connectivity index (χ2n) is 6.62. The van der Waals surface area contributed by atoms with E-state index in [2.05, 4.69) is 41.5 Å². The molecule has 0 heterocycles. The number of hydrogen-bond acceptors (Lipinski definition) is 2. The van der Waals surface area contributed by atoms with Gasteiger partial charge in [0.1, 0.15) is 0 Å². The summed E-state index contributed by atoms with van der Waals surface area (Å²) in [6.45, 7) is 14.6. The predicted octanol–water partition coefficient (Wildman–Crippen LogP) is 3.42. The van der Waals surface area contributed by atoms with E-state index in [-0.39, 0.29) is 5.41 Å². The molecule has 2 unspecified atom stereocenters. The van der Waals surface area contributed by atoms with Crippen LogP contribution in [-0.4, -0.2) is 29.9 Å². The fourth-order valence-corrected chi connectivity index (χ4v) is 2.61. The molecule has 0 aromatic heterocycles. The number of nitrogens with two attached hydrogens (primary N) is 1. The second kappa shape index (κ2) is 8.57. The molecule has 0 aliphatic carbocycles. The van der Waals surface area contributed by atoms with E-state index >= 15 is 0 Å². The summed E-state index contributed by atoms with van der Waals surface area (Å²) in [6, 6.07) is 0.347. The summed E-state index contributed by atoms with van der Waals surface area (Å²) in [4.78, 5) is 14.3.